The van der Waals surface area contributed by atoms with Gasteiger partial charge in [-0.3, -0.25) is 14.8 Å². The van der Waals surface area contributed by atoms with E-state index in [1.807, 2.05) is 36.4 Å². The van der Waals surface area contributed by atoms with Gasteiger partial charge in [0, 0.05) is 29.3 Å². The van der Waals surface area contributed by atoms with Crippen molar-refractivity contribution in [1.29, 1.82) is 0 Å². The van der Waals surface area contributed by atoms with Crippen molar-refractivity contribution < 1.29 is 4.79 Å². The number of rotatable bonds is 3. The van der Waals surface area contributed by atoms with Crippen molar-refractivity contribution >= 4 is 22.5 Å². The molecule has 0 bridgehead atoms. The molecule has 4 heteroatoms. The summed E-state index contributed by atoms with van der Waals surface area (Å²) in [5.74, 6) is 0.255. The summed E-state index contributed by atoms with van der Waals surface area (Å²) in [6, 6.07) is 13.7. The van der Waals surface area contributed by atoms with E-state index in [9.17, 15) is 4.79 Å². The largest absolute Gasteiger partial charge is 0.324 e. The Bertz CT molecular complexity index is 856. The normalized spacial score (nSPS) is 14.0. The van der Waals surface area contributed by atoms with E-state index in [4.69, 9.17) is 0 Å². The van der Waals surface area contributed by atoms with Gasteiger partial charge in [0.25, 0.3) is 0 Å². The van der Waals surface area contributed by atoms with Crippen LogP contribution in [0, 0.1) is 5.92 Å². The molecule has 1 fully saturated rings. The summed E-state index contributed by atoms with van der Waals surface area (Å²) in [5.41, 5.74) is 3.36. The second-order valence-corrected chi connectivity index (χ2v) is 5.58. The molecule has 0 aliphatic heterocycles. The van der Waals surface area contributed by atoms with E-state index >= 15 is 0 Å². The third-order valence-corrected chi connectivity index (χ3v) is 3.88. The molecule has 2 heterocycles. The Morgan fingerprint density at radius 1 is 1.09 bits per heavy atom. The van der Waals surface area contributed by atoms with Gasteiger partial charge in [0.15, 0.2) is 0 Å². The number of anilines is 1. The molecule has 1 aromatic carbocycles. The molecule has 4 nitrogen and oxygen atoms in total. The topological polar surface area (TPSA) is 54.9 Å². The van der Waals surface area contributed by atoms with Gasteiger partial charge in [-0.2, -0.15) is 0 Å². The number of amides is 1. The van der Waals surface area contributed by atoms with Crippen LogP contribution in [0.3, 0.4) is 0 Å². The molecule has 0 atom stereocenters. The summed E-state index contributed by atoms with van der Waals surface area (Å²) >= 11 is 0. The lowest BCUT2D eigenvalue weighted by Gasteiger charge is -2.10. The van der Waals surface area contributed by atoms with Crippen LogP contribution < -0.4 is 5.32 Å². The molecular weight excluding hydrogens is 274 g/mol. The molecule has 1 aliphatic carbocycles. The number of hydrogen-bond acceptors (Lipinski definition) is 3. The number of para-hydroxylation sites is 1. The Balaban J connectivity index is 1.75. The van der Waals surface area contributed by atoms with E-state index in [2.05, 4.69) is 21.4 Å². The summed E-state index contributed by atoms with van der Waals surface area (Å²) in [5, 5.41) is 4.05. The smallest absolute Gasteiger partial charge is 0.227 e. The van der Waals surface area contributed by atoms with Crippen LogP contribution in [0.15, 0.2) is 54.9 Å². The van der Waals surface area contributed by atoms with E-state index in [1.54, 1.807) is 12.4 Å². The zero-order valence-corrected chi connectivity index (χ0v) is 12.0. The highest BCUT2D eigenvalue weighted by atomic mass is 16.2. The predicted octanol–water partition coefficient (Wildman–Crippen LogP) is 3.65. The Morgan fingerprint density at radius 3 is 2.82 bits per heavy atom. The molecule has 22 heavy (non-hydrogen) atoms. The summed E-state index contributed by atoms with van der Waals surface area (Å²) < 4.78 is 0. The molecule has 4 rings (SSSR count). The first-order valence-electron chi connectivity index (χ1n) is 7.42. The minimum Gasteiger partial charge on any atom is -0.324 e. The first-order chi connectivity index (χ1) is 10.8. The molecule has 0 spiro atoms. The molecule has 1 amide bonds. The van der Waals surface area contributed by atoms with E-state index < -0.39 is 0 Å². The number of benzene rings is 1. The molecule has 1 aliphatic rings. The van der Waals surface area contributed by atoms with Gasteiger partial charge in [-0.1, -0.05) is 18.2 Å². The van der Waals surface area contributed by atoms with Gasteiger partial charge in [0.1, 0.15) is 0 Å². The Hall–Kier alpha value is -2.75. The van der Waals surface area contributed by atoms with Crippen molar-refractivity contribution in [2.45, 2.75) is 12.8 Å². The maximum atomic E-state index is 12.0. The zero-order valence-electron chi connectivity index (χ0n) is 12.0. The fraction of sp³-hybridized carbons (Fsp3) is 0.167. The average Bonchev–Trinajstić information content (AvgIpc) is 3.40. The van der Waals surface area contributed by atoms with E-state index in [0.29, 0.717) is 0 Å². The molecule has 0 unspecified atom stereocenters. The van der Waals surface area contributed by atoms with E-state index in [-0.39, 0.29) is 11.8 Å². The SMILES string of the molecule is O=C(Nc1cccnc1-c1cnc2ccccc2c1)C1CC1. The molecule has 1 saturated carbocycles. The number of carbonyl (C=O) groups is 1. The van der Waals surface area contributed by atoms with Gasteiger partial charge in [0.2, 0.25) is 5.91 Å². The minimum atomic E-state index is 0.0861. The molecule has 2 aromatic heterocycles. The van der Waals surface area contributed by atoms with Crippen molar-refractivity contribution in [3.63, 3.8) is 0 Å². The monoisotopic (exact) mass is 289 g/mol. The maximum absolute atomic E-state index is 12.0. The number of aromatic nitrogens is 2. The molecule has 1 N–H and O–H groups in total. The predicted molar refractivity (Wildman–Crippen MR) is 86.3 cm³/mol. The van der Waals surface area contributed by atoms with Crippen LogP contribution in [-0.2, 0) is 4.79 Å². The Labute approximate surface area is 128 Å². The number of nitrogens with zero attached hydrogens (tertiary/aromatic N) is 2. The van der Waals surface area contributed by atoms with Crippen LogP contribution in [0.1, 0.15) is 12.8 Å². The highest BCUT2D eigenvalue weighted by Gasteiger charge is 2.30. The van der Waals surface area contributed by atoms with Crippen molar-refractivity contribution in [3.05, 3.63) is 54.9 Å². The van der Waals surface area contributed by atoms with Gasteiger partial charge in [-0.15, -0.1) is 0 Å². The lowest BCUT2D eigenvalue weighted by Crippen LogP contribution is -2.14. The number of hydrogen-bond donors (Lipinski definition) is 1. The summed E-state index contributed by atoms with van der Waals surface area (Å²) in [6.45, 7) is 0. The Kier molecular flexibility index (Phi) is 3.07. The summed E-state index contributed by atoms with van der Waals surface area (Å²) in [4.78, 5) is 20.9. The quantitative estimate of drug-likeness (QED) is 0.800. The fourth-order valence-electron chi connectivity index (χ4n) is 2.52. The molecule has 0 radical (unpaired) electrons. The standard InChI is InChI=1S/C18H15N3O/c22-18(12-7-8-12)21-16-6-3-9-19-17(16)14-10-13-4-1-2-5-15(13)20-11-14/h1-6,9-12H,7-8H2,(H,21,22). The second kappa shape index (κ2) is 5.22. The van der Waals surface area contributed by atoms with Crippen molar-refractivity contribution in [2.75, 3.05) is 5.32 Å². The van der Waals surface area contributed by atoms with Crippen LogP contribution in [0.4, 0.5) is 5.69 Å². The van der Waals surface area contributed by atoms with Gasteiger partial charge in [0.05, 0.1) is 16.9 Å². The van der Waals surface area contributed by atoms with Crippen molar-refractivity contribution in [3.8, 4) is 11.3 Å². The van der Waals surface area contributed by atoms with Gasteiger partial charge >= 0.3 is 0 Å². The van der Waals surface area contributed by atoms with Crippen LogP contribution in [0.5, 0.6) is 0 Å². The third-order valence-electron chi connectivity index (χ3n) is 3.88. The molecule has 108 valence electrons. The average molecular weight is 289 g/mol. The van der Waals surface area contributed by atoms with E-state index in [0.717, 1.165) is 40.7 Å². The second-order valence-electron chi connectivity index (χ2n) is 5.58. The summed E-state index contributed by atoms with van der Waals surface area (Å²) in [7, 11) is 0. The molecule has 3 aromatic rings. The Morgan fingerprint density at radius 2 is 1.95 bits per heavy atom. The fourth-order valence-corrected chi connectivity index (χ4v) is 2.52. The van der Waals surface area contributed by atoms with Crippen molar-refractivity contribution in [1.82, 2.24) is 9.97 Å². The zero-order chi connectivity index (χ0) is 14.9. The lowest BCUT2D eigenvalue weighted by atomic mass is 10.1. The van der Waals surface area contributed by atoms with Crippen molar-refractivity contribution in [2.24, 2.45) is 5.92 Å². The number of fused-ring (bicyclic) bond motifs is 1. The third kappa shape index (κ3) is 2.44. The van der Waals surface area contributed by atoms with Gasteiger partial charge in [-0.05, 0) is 37.1 Å². The highest BCUT2D eigenvalue weighted by molar-refractivity contribution is 5.97. The van der Waals surface area contributed by atoms with Crippen LogP contribution in [0.2, 0.25) is 0 Å². The number of pyridine rings is 2. The molecule has 0 saturated heterocycles. The van der Waals surface area contributed by atoms with Gasteiger partial charge in [-0.25, -0.2) is 0 Å². The van der Waals surface area contributed by atoms with Gasteiger partial charge < -0.3 is 5.32 Å². The minimum absolute atomic E-state index is 0.0861. The first-order valence-corrected chi connectivity index (χ1v) is 7.42. The van der Waals surface area contributed by atoms with E-state index in [1.165, 1.54) is 0 Å². The maximum Gasteiger partial charge on any atom is 0.227 e. The number of carbonyl (C=O) groups excluding carboxylic acids is 1. The number of nitrogens with one attached hydrogen (secondary N) is 1. The van der Waals surface area contributed by atoms with Crippen LogP contribution >= 0.6 is 0 Å². The first kappa shape index (κ1) is 13.0. The lowest BCUT2D eigenvalue weighted by molar-refractivity contribution is -0.117. The molecular formula is C18H15N3O. The highest BCUT2D eigenvalue weighted by Crippen LogP contribution is 2.32. The van der Waals surface area contributed by atoms with Crippen LogP contribution in [0.25, 0.3) is 22.2 Å². The van der Waals surface area contributed by atoms with Crippen LogP contribution in [-0.4, -0.2) is 15.9 Å². The summed E-state index contributed by atoms with van der Waals surface area (Å²) in [6.07, 6.45) is 5.51.